The van der Waals surface area contributed by atoms with E-state index in [1.165, 1.54) is 12.1 Å². The fraction of sp³-hybridized carbons (Fsp3) is 0.600. The van der Waals surface area contributed by atoms with Crippen LogP contribution in [0.25, 0.3) is 0 Å². The molecule has 1 N–H and O–H groups in total. The SMILES string of the molecule is CC1(CCc2ccccc2C(F)(F)F)CCCCN1. The van der Waals surface area contributed by atoms with E-state index in [1.54, 1.807) is 12.1 Å². The molecule has 0 aliphatic carbocycles. The third-order valence-electron chi connectivity index (χ3n) is 3.98. The van der Waals surface area contributed by atoms with Gasteiger partial charge in [0.15, 0.2) is 0 Å². The van der Waals surface area contributed by atoms with E-state index in [9.17, 15) is 13.2 Å². The van der Waals surface area contributed by atoms with Crippen LogP contribution in [0.1, 0.15) is 43.7 Å². The summed E-state index contributed by atoms with van der Waals surface area (Å²) in [6.45, 7) is 3.08. The standard InChI is InChI=1S/C15H20F3N/c1-14(9-4-5-11-19-14)10-8-12-6-2-3-7-13(12)15(16,17)18/h2-3,6-7,19H,4-5,8-11H2,1H3. The monoisotopic (exact) mass is 271 g/mol. The number of benzene rings is 1. The molecule has 1 saturated heterocycles. The summed E-state index contributed by atoms with van der Waals surface area (Å²) in [7, 11) is 0. The van der Waals surface area contributed by atoms with Crippen molar-refractivity contribution in [3.8, 4) is 0 Å². The van der Waals surface area contributed by atoms with Crippen molar-refractivity contribution in [1.29, 1.82) is 0 Å². The molecule has 0 aromatic heterocycles. The zero-order valence-electron chi connectivity index (χ0n) is 11.2. The Morgan fingerprint density at radius 3 is 2.58 bits per heavy atom. The molecule has 106 valence electrons. The molecule has 4 heteroatoms. The van der Waals surface area contributed by atoms with Crippen LogP contribution in [0.3, 0.4) is 0 Å². The average molecular weight is 271 g/mol. The summed E-state index contributed by atoms with van der Waals surface area (Å²) in [5, 5.41) is 3.44. The van der Waals surface area contributed by atoms with Crippen LogP contribution < -0.4 is 5.32 Å². The van der Waals surface area contributed by atoms with Crippen LogP contribution in [0.15, 0.2) is 24.3 Å². The molecule has 1 unspecified atom stereocenters. The van der Waals surface area contributed by atoms with Gasteiger partial charge >= 0.3 is 6.18 Å². The van der Waals surface area contributed by atoms with Crippen molar-refractivity contribution >= 4 is 0 Å². The molecule has 0 bridgehead atoms. The van der Waals surface area contributed by atoms with E-state index in [0.717, 1.165) is 32.2 Å². The number of hydrogen-bond acceptors (Lipinski definition) is 1. The highest BCUT2D eigenvalue weighted by molar-refractivity contribution is 5.30. The summed E-state index contributed by atoms with van der Waals surface area (Å²) in [4.78, 5) is 0. The lowest BCUT2D eigenvalue weighted by atomic mass is 9.85. The maximum absolute atomic E-state index is 12.9. The smallest absolute Gasteiger partial charge is 0.312 e. The molecule has 0 saturated carbocycles. The minimum Gasteiger partial charge on any atom is -0.312 e. The lowest BCUT2D eigenvalue weighted by Gasteiger charge is -2.35. The normalized spacial score (nSPS) is 24.4. The Hall–Kier alpha value is -1.03. The molecule has 1 fully saturated rings. The number of halogens is 3. The highest BCUT2D eigenvalue weighted by atomic mass is 19.4. The molecule has 0 radical (unpaired) electrons. The van der Waals surface area contributed by atoms with Gasteiger partial charge < -0.3 is 5.32 Å². The second kappa shape index (κ2) is 5.53. The lowest BCUT2D eigenvalue weighted by Crippen LogP contribution is -2.46. The third kappa shape index (κ3) is 3.72. The van der Waals surface area contributed by atoms with Gasteiger partial charge in [-0.05, 0) is 50.8 Å². The van der Waals surface area contributed by atoms with Gasteiger partial charge in [0.05, 0.1) is 5.56 Å². The van der Waals surface area contributed by atoms with Gasteiger partial charge in [-0.2, -0.15) is 13.2 Å². The Bertz CT molecular complexity index is 420. The second-order valence-electron chi connectivity index (χ2n) is 5.60. The first-order chi connectivity index (χ1) is 8.91. The minimum atomic E-state index is -4.25. The van der Waals surface area contributed by atoms with Gasteiger partial charge in [-0.3, -0.25) is 0 Å². The summed E-state index contributed by atoms with van der Waals surface area (Å²) in [6.07, 6.45) is 0.330. The van der Waals surface area contributed by atoms with Crippen molar-refractivity contribution < 1.29 is 13.2 Å². The van der Waals surface area contributed by atoms with E-state index in [2.05, 4.69) is 12.2 Å². The molecule has 1 aliphatic heterocycles. The van der Waals surface area contributed by atoms with Gasteiger partial charge in [0.1, 0.15) is 0 Å². The predicted octanol–water partition coefficient (Wildman–Crippen LogP) is 4.17. The number of hydrogen-bond donors (Lipinski definition) is 1. The Labute approximate surface area is 112 Å². The quantitative estimate of drug-likeness (QED) is 0.870. The number of aryl methyl sites for hydroxylation is 1. The van der Waals surface area contributed by atoms with Crippen molar-refractivity contribution in [3.05, 3.63) is 35.4 Å². The van der Waals surface area contributed by atoms with E-state index in [-0.39, 0.29) is 5.54 Å². The molecule has 1 nitrogen and oxygen atoms in total. The molecular weight excluding hydrogens is 251 g/mol. The summed E-state index contributed by atoms with van der Waals surface area (Å²) < 4.78 is 38.7. The van der Waals surface area contributed by atoms with E-state index in [0.29, 0.717) is 12.0 Å². The number of piperidine rings is 1. The van der Waals surface area contributed by atoms with Crippen molar-refractivity contribution in [1.82, 2.24) is 5.32 Å². The fourth-order valence-corrected chi connectivity index (χ4v) is 2.76. The highest BCUT2D eigenvalue weighted by Gasteiger charge is 2.33. The summed E-state index contributed by atoms with van der Waals surface area (Å²) in [6, 6.07) is 5.90. The number of rotatable bonds is 3. The highest BCUT2D eigenvalue weighted by Crippen LogP contribution is 2.33. The number of nitrogens with one attached hydrogen (secondary N) is 1. The molecule has 1 aromatic carbocycles. The maximum atomic E-state index is 12.9. The predicted molar refractivity (Wildman–Crippen MR) is 70.0 cm³/mol. The second-order valence-corrected chi connectivity index (χ2v) is 5.60. The zero-order chi connectivity index (χ0) is 13.9. The average Bonchev–Trinajstić information content (AvgIpc) is 2.37. The van der Waals surface area contributed by atoms with Crippen molar-refractivity contribution in [2.75, 3.05) is 6.54 Å². The van der Waals surface area contributed by atoms with Crippen molar-refractivity contribution in [2.24, 2.45) is 0 Å². The van der Waals surface area contributed by atoms with Crippen LogP contribution >= 0.6 is 0 Å². The van der Waals surface area contributed by atoms with E-state index in [4.69, 9.17) is 0 Å². The Balaban J connectivity index is 2.07. The summed E-state index contributed by atoms with van der Waals surface area (Å²) in [5.41, 5.74) is -0.102. The van der Waals surface area contributed by atoms with Crippen LogP contribution in [0.2, 0.25) is 0 Å². The summed E-state index contributed by atoms with van der Waals surface area (Å²) >= 11 is 0. The Morgan fingerprint density at radius 2 is 1.95 bits per heavy atom. The van der Waals surface area contributed by atoms with Crippen molar-refractivity contribution in [2.45, 2.75) is 50.7 Å². The first-order valence-corrected chi connectivity index (χ1v) is 6.81. The molecule has 2 rings (SSSR count). The maximum Gasteiger partial charge on any atom is 0.416 e. The van der Waals surface area contributed by atoms with E-state index >= 15 is 0 Å². The summed E-state index contributed by atoms with van der Waals surface area (Å²) in [5.74, 6) is 0. The molecule has 0 spiro atoms. The minimum absolute atomic E-state index is 0.0169. The van der Waals surface area contributed by atoms with Crippen LogP contribution in [0, 0.1) is 0 Å². The first kappa shape index (κ1) is 14.4. The van der Waals surface area contributed by atoms with Gasteiger partial charge in [-0.25, -0.2) is 0 Å². The number of alkyl halides is 3. The van der Waals surface area contributed by atoms with E-state index in [1.807, 2.05) is 0 Å². The first-order valence-electron chi connectivity index (χ1n) is 6.81. The third-order valence-corrected chi connectivity index (χ3v) is 3.98. The molecule has 1 atom stereocenters. The largest absolute Gasteiger partial charge is 0.416 e. The van der Waals surface area contributed by atoms with Crippen LogP contribution in [-0.2, 0) is 12.6 Å². The lowest BCUT2D eigenvalue weighted by molar-refractivity contribution is -0.138. The van der Waals surface area contributed by atoms with Crippen LogP contribution in [-0.4, -0.2) is 12.1 Å². The molecule has 1 heterocycles. The Kier molecular flexibility index (Phi) is 4.19. The topological polar surface area (TPSA) is 12.0 Å². The molecule has 19 heavy (non-hydrogen) atoms. The van der Waals surface area contributed by atoms with Gasteiger partial charge in [-0.1, -0.05) is 24.6 Å². The van der Waals surface area contributed by atoms with Crippen LogP contribution in [0.4, 0.5) is 13.2 Å². The molecule has 1 aromatic rings. The Morgan fingerprint density at radius 1 is 1.21 bits per heavy atom. The van der Waals surface area contributed by atoms with Gasteiger partial charge in [0.2, 0.25) is 0 Å². The fourth-order valence-electron chi connectivity index (χ4n) is 2.76. The van der Waals surface area contributed by atoms with E-state index < -0.39 is 11.7 Å². The van der Waals surface area contributed by atoms with Crippen molar-refractivity contribution in [3.63, 3.8) is 0 Å². The zero-order valence-corrected chi connectivity index (χ0v) is 11.2. The van der Waals surface area contributed by atoms with Gasteiger partial charge in [-0.15, -0.1) is 0 Å². The van der Waals surface area contributed by atoms with Crippen LogP contribution in [0.5, 0.6) is 0 Å². The molecule has 1 aliphatic rings. The van der Waals surface area contributed by atoms with Gasteiger partial charge in [0, 0.05) is 5.54 Å². The molecular formula is C15H20F3N. The molecule has 0 amide bonds. The van der Waals surface area contributed by atoms with Gasteiger partial charge in [0.25, 0.3) is 0 Å².